The van der Waals surface area contributed by atoms with Gasteiger partial charge in [-0.2, -0.15) is 0 Å². The second kappa shape index (κ2) is 39.7. The van der Waals surface area contributed by atoms with Crippen molar-refractivity contribution in [3.8, 4) is 0 Å². The summed E-state index contributed by atoms with van der Waals surface area (Å²) in [5.74, 6) is -1.04. The van der Waals surface area contributed by atoms with Crippen LogP contribution >= 0.6 is 0 Å². The Hall–Kier alpha value is -5.46. The summed E-state index contributed by atoms with van der Waals surface area (Å²) in [6, 6.07) is 0. The van der Waals surface area contributed by atoms with E-state index in [-0.39, 0.29) is 35.3 Å². The molecule has 0 saturated carbocycles. The third kappa shape index (κ3) is 32.8. The fourth-order valence-corrected chi connectivity index (χ4v) is 7.10. The number of oxime groups is 2. The smallest absolute Gasteiger partial charge is 0.265 e. The number of amides is 5. The first-order chi connectivity index (χ1) is 32.5. The molecule has 0 aromatic carbocycles. The van der Waals surface area contributed by atoms with E-state index in [0.29, 0.717) is 39.1 Å². The van der Waals surface area contributed by atoms with Gasteiger partial charge in [-0.05, 0) is 64.0 Å². The molecule has 3 aliphatic heterocycles. The van der Waals surface area contributed by atoms with Crippen LogP contribution in [0, 0.1) is 0 Å². The van der Waals surface area contributed by atoms with Crippen molar-refractivity contribution in [2.24, 2.45) is 20.3 Å². The average Bonchev–Trinajstić information content (AvgIpc) is 3.32. The minimum Gasteiger partial charge on any atom is -0.411 e. The second-order valence-corrected chi connectivity index (χ2v) is 15.8. The van der Waals surface area contributed by atoms with E-state index in [1.807, 2.05) is 0 Å². The lowest BCUT2D eigenvalue weighted by atomic mass is 10.2. The van der Waals surface area contributed by atoms with E-state index >= 15 is 0 Å². The molecule has 0 unspecified atom stereocenters. The maximum absolute atomic E-state index is 11.2. The predicted octanol–water partition coefficient (Wildman–Crippen LogP) is -2.39. The number of hydrogen-bond donors (Lipinski definition) is 7. The van der Waals surface area contributed by atoms with Crippen LogP contribution in [0.5, 0.6) is 0 Å². The van der Waals surface area contributed by atoms with E-state index < -0.39 is 0 Å². The van der Waals surface area contributed by atoms with Gasteiger partial charge in [-0.1, -0.05) is 23.5 Å². The van der Waals surface area contributed by atoms with Gasteiger partial charge in [0.15, 0.2) is 5.78 Å². The van der Waals surface area contributed by atoms with Crippen LogP contribution in [0.25, 0.3) is 0 Å². The van der Waals surface area contributed by atoms with Gasteiger partial charge in [-0.25, -0.2) is 0 Å². The zero-order valence-corrected chi connectivity index (χ0v) is 40.0. The van der Waals surface area contributed by atoms with Gasteiger partial charge in [-0.15, -0.1) is 0 Å². The fraction of sp³-hybridized carbons (Fsp3) is 0.682. The van der Waals surface area contributed by atoms with Crippen molar-refractivity contribution >= 4 is 60.2 Å². The highest BCUT2D eigenvalue weighted by Gasteiger charge is 2.18. The monoisotopic (exact) mass is 946 g/mol. The highest BCUT2D eigenvalue weighted by molar-refractivity contribution is 6.27. The molecule has 5 amide bonds. The standard InChI is InChI=1S/C15H28N6O3.C15H25N3O2.C14H26N6O3/c1-16-12-14(22)17-4-2-6-20-8-10-21(11-9-20)7-3-5-18-15(23)13-19-24;1-3-14(19)6-5-8-17-10-12-18(13-11-17)9-7-16-15(20)4-2;1-15-11-13(21)16-3-2-5-19-7-9-20(10-8-19)6-4-17-14(22)12-18-23/h12-13,24H,2-11H2,1H3,(H,17,22)(H,18,23);3-4H,1-2,5-13H2,(H,16,20);11-12,23H,2-10H2,1H3,(H,16,21)(H,17,22)/b16-12?,19-13+;;15-11?,18-12+. The van der Waals surface area contributed by atoms with Crippen molar-refractivity contribution in [2.45, 2.75) is 32.1 Å². The molecule has 378 valence electrons. The van der Waals surface area contributed by atoms with Crippen molar-refractivity contribution in [2.75, 3.05) is 165 Å². The number of ketones is 1. The van der Waals surface area contributed by atoms with Gasteiger partial charge in [0.1, 0.15) is 12.4 Å². The SMILES string of the molecule is C=CC(=O)CCCN1CCN(CCNC(=O)C=C)CC1.CN=CC(=O)NCCCN1CCN(CCCNC(=O)/C=N/O)CC1.CN=CC(=O)NCCCN1CCN(CCNC(=O)/C=N/O)CC1. The third-order valence-electron chi connectivity index (χ3n) is 10.9. The molecule has 23 nitrogen and oxygen atoms in total. The molecule has 0 spiro atoms. The molecular formula is C44H79N15O8. The van der Waals surface area contributed by atoms with E-state index in [2.05, 4.69) is 89.4 Å². The van der Waals surface area contributed by atoms with Gasteiger partial charge in [0.25, 0.3) is 23.6 Å². The highest BCUT2D eigenvalue weighted by atomic mass is 16.4. The molecule has 3 rings (SSSR count). The number of piperazine rings is 3. The van der Waals surface area contributed by atoms with Crippen LogP contribution < -0.4 is 26.6 Å². The maximum atomic E-state index is 11.2. The summed E-state index contributed by atoms with van der Waals surface area (Å²) in [7, 11) is 3.15. The van der Waals surface area contributed by atoms with Crippen LogP contribution in [-0.2, 0) is 28.8 Å². The summed E-state index contributed by atoms with van der Waals surface area (Å²) in [6.45, 7) is 27.5. The highest BCUT2D eigenvalue weighted by Crippen LogP contribution is 2.05. The molecule has 3 aliphatic rings. The molecule has 3 heterocycles. The van der Waals surface area contributed by atoms with Crippen LogP contribution in [0.3, 0.4) is 0 Å². The quantitative estimate of drug-likeness (QED) is 0.0142. The summed E-state index contributed by atoms with van der Waals surface area (Å²) in [5, 5.41) is 35.5. The molecule has 0 aliphatic carbocycles. The van der Waals surface area contributed by atoms with E-state index in [4.69, 9.17) is 10.4 Å². The number of carbonyl (C=O) groups excluding carboxylic acids is 6. The zero-order chi connectivity index (χ0) is 49.3. The Morgan fingerprint density at radius 2 is 0.701 bits per heavy atom. The Morgan fingerprint density at radius 1 is 0.418 bits per heavy atom. The lowest BCUT2D eigenvalue weighted by Crippen LogP contribution is -2.48. The molecular weight excluding hydrogens is 867 g/mol. The normalized spacial score (nSPS) is 16.7. The van der Waals surface area contributed by atoms with E-state index in [1.54, 1.807) is 14.1 Å². The van der Waals surface area contributed by atoms with Gasteiger partial charge in [0.05, 0.1) is 12.4 Å². The van der Waals surface area contributed by atoms with Crippen molar-refractivity contribution in [3.05, 3.63) is 25.3 Å². The Balaban J connectivity index is 0.000000505. The largest absolute Gasteiger partial charge is 0.411 e. The molecule has 3 fully saturated rings. The van der Waals surface area contributed by atoms with Crippen molar-refractivity contribution < 1.29 is 39.2 Å². The molecule has 0 radical (unpaired) electrons. The van der Waals surface area contributed by atoms with Crippen molar-refractivity contribution in [3.63, 3.8) is 0 Å². The molecule has 0 atom stereocenters. The first-order valence-corrected chi connectivity index (χ1v) is 23.2. The number of nitrogens with one attached hydrogen (secondary N) is 5. The van der Waals surface area contributed by atoms with E-state index in [1.165, 1.54) is 24.6 Å². The molecule has 3 saturated heterocycles. The fourth-order valence-electron chi connectivity index (χ4n) is 7.10. The second-order valence-electron chi connectivity index (χ2n) is 15.8. The van der Waals surface area contributed by atoms with Crippen LogP contribution in [0.4, 0.5) is 0 Å². The Kier molecular flexibility index (Phi) is 35.3. The van der Waals surface area contributed by atoms with E-state index in [9.17, 15) is 28.8 Å². The van der Waals surface area contributed by atoms with Crippen molar-refractivity contribution in [1.82, 2.24) is 56.0 Å². The summed E-state index contributed by atoms with van der Waals surface area (Å²) in [4.78, 5) is 88.2. The Labute approximate surface area is 396 Å². The van der Waals surface area contributed by atoms with Crippen LogP contribution in [-0.4, -0.2) is 265 Å². The molecule has 0 aromatic heterocycles. The molecule has 0 aromatic rings. The van der Waals surface area contributed by atoms with Crippen molar-refractivity contribution in [1.29, 1.82) is 0 Å². The van der Waals surface area contributed by atoms with Gasteiger partial charge in [-0.3, -0.25) is 48.6 Å². The molecule has 7 N–H and O–H groups in total. The molecule has 23 heteroatoms. The predicted molar refractivity (Wildman–Crippen MR) is 262 cm³/mol. The van der Waals surface area contributed by atoms with Crippen LogP contribution in [0.2, 0.25) is 0 Å². The number of hydrogen-bond acceptors (Lipinski definition) is 18. The van der Waals surface area contributed by atoms with E-state index in [0.717, 1.165) is 156 Å². The van der Waals surface area contributed by atoms with Gasteiger partial charge >= 0.3 is 0 Å². The number of aliphatic imine (C=N–C) groups is 2. The average molecular weight is 946 g/mol. The summed E-state index contributed by atoms with van der Waals surface area (Å²) in [5.41, 5.74) is 0. The minimum atomic E-state index is -0.388. The summed E-state index contributed by atoms with van der Waals surface area (Å²) in [6.07, 6.45) is 11.2. The van der Waals surface area contributed by atoms with Crippen LogP contribution in [0.1, 0.15) is 32.1 Å². The molecule has 67 heavy (non-hydrogen) atoms. The Morgan fingerprint density at radius 3 is 1.00 bits per heavy atom. The summed E-state index contributed by atoms with van der Waals surface area (Å²) >= 11 is 0. The lowest BCUT2D eigenvalue weighted by molar-refractivity contribution is -0.117. The topological polar surface area (TPSA) is 272 Å². The van der Waals surface area contributed by atoms with Gasteiger partial charge in [0.2, 0.25) is 5.91 Å². The first-order valence-electron chi connectivity index (χ1n) is 23.2. The number of rotatable bonds is 28. The third-order valence-corrected chi connectivity index (χ3v) is 10.9. The Bertz CT molecular complexity index is 1480. The lowest BCUT2D eigenvalue weighted by Gasteiger charge is -2.34. The number of nitrogens with zero attached hydrogens (tertiary/aromatic N) is 10. The first kappa shape index (κ1) is 59.6. The number of carbonyl (C=O) groups is 6. The number of allylic oxidation sites excluding steroid dienone is 1. The van der Waals surface area contributed by atoms with Gasteiger partial charge < -0.3 is 56.6 Å². The summed E-state index contributed by atoms with van der Waals surface area (Å²) < 4.78 is 0. The maximum Gasteiger partial charge on any atom is 0.265 e. The van der Waals surface area contributed by atoms with Gasteiger partial charge in [0, 0.05) is 145 Å². The van der Waals surface area contributed by atoms with Crippen LogP contribution in [0.15, 0.2) is 45.6 Å². The molecule has 0 bridgehead atoms. The zero-order valence-electron chi connectivity index (χ0n) is 40.0. The minimum absolute atomic E-state index is 0.115.